The molecule has 7 heteroatoms. The molecular weight excluding hydrogens is 328 g/mol. The van der Waals surface area contributed by atoms with E-state index in [0.29, 0.717) is 11.7 Å². The fourth-order valence-electron chi connectivity index (χ4n) is 2.93. The van der Waals surface area contributed by atoms with Crippen molar-refractivity contribution in [3.63, 3.8) is 0 Å². The van der Waals surface area contributed by atoms with E-state index in [0.717, 1.165) is 35.2 Å². The number of aromatic nitrogens is 4. The number of hydrogen-bond donors (Lipinski definition) is 3. The van der Waals surface area contributed by atoms with E-state index >= 15 is 0 Å². The van der Waals surface area contributed by atoms with Gasteiger partial charge in [-0.2, -0.15) is 0 Å². The first kappa shape index (κ1) is 16.5. The molecule has 0 saturated carbocycles. The zero-order chi connectivity index (χ0) is 18.3. The van der Waals surface area contributed by atoms with Crippen molar-refractivity contribution >= 4 is 16.9 Å². The largest absolute Gasteiger partial charge is 0.378 e. The van der Waals surface area contributed by atoms with E-state index < -0.39 is 5.60 Å². The van der Waals surface area contributed by atoms with Gasteiger partial charge in [0.15, 0.2) is 0 Å². The molecule has 0 spiro atoms. The fourth-order valence-corrected chi connectivity index (χ4v) is 2.93. The number of nitrogens with one attached hydrogen (secondary N) is 1. The molecule has 26 heavy (non-hydrogen) atoms. The Hall–Kier alpha value is -2.95. The molecule has 0 aliphatic carbocycles. The Bertz CT molecular complexity index is 1030. The molecule has 0 unspecified atom stereocenters. The number of nitrogens with zero attached hydrogens (tertiary/aromatic N) is 4. The highest BCUT2D eigenvalue weighted by Crippen LogP contribution is 2.32. The van der Waals surface area contributed by atoms with Gasteiger partial charge in [0.05, 0.1) is 23.4 Å². The summed E-state index contributed by atoms with van der Waals surface area (Å²) in [7, 11) is 0. The van der Waals surface area contributed by atoms with Crippen molar-refractivity contribution in [2.45, 2.75) is 25.5 Å². The predicted octanol–water partition coefficient (Wildman–Crippen LogP) is 1.34. The quantitative estimate of drug-likeness (QED) is 0.604. The fraction of sp³-hybridized carbons (Fsp3) is 0.316. The summed E-state index contributed by atoms with van der Waals surface area (Å²) >= 11 is 0. The second-order valence-corrected chi connectivity index (χ2v) is 6.96. The lowest BCUT2D eigenvalue weighted by Crippen LogP contribution is -2.43. The Kier molecular flexibility index (Phi) is 3.87. The van der Waals surface area contributed by atoms with E-state index in [2.05, 4.69) is 42.9 Å². The molecule has 0 atom stereocenters. The van der Waals surface area contributed by atoms with E-state index in [9.17, 15) is 5.11 Å². The Morgan fingerprint density at radius 1 is 1.35 bits per heavy atom. The van der Waals surface area contributed by atoms with E-state index in [-0.39, 0.29) is 5.95 Å². The summed E-state index contributed by atoms with van der Waals surface area (Å²) in [6.07, 6.45) is 5.57. The van der Waals surface area contributed by atoms with Crippen molar-refractivity contribution in [3.8, 4) is 23.1 Å². The molecule has 7 nitrogen and oxygen atoms in total. The number of nitrogen functional groups attached to an aromatic ring is 1. The van der Waals surface area contributed by atoms with Crippen LogP contribution < -0.4 is 11.1 Å². The minimum atomic E-state index is -1.07. The standard InChI is InChI=1S/C19H20N6O/c1-19(2,26)5-3-12-7-14-15(16-4-6-22-18(20)24-16)11-25(13-8-21-9-13)17(14)10-23-12/h4,6-7,10-11,13,21,26H,8-9H2,1-2H3,(H2,20,22,24). The van der Waals surface area contributed by atoms with Crippen LogP contribution in [0.1, 0.15) is 25.6 Å². The summed E-state index contributed by atoms with van der Waals surface area (Å²) in [4.78, 5) is 12.8. The van der Waals surface area contributed by atoms with Gasteiger partial charge in [0.2, 0.25) is 5.95 Å². The van der Waals surface area contributed by atoms with Crippen LogP contribution in [0.25, 0.3) is 22.2 Å². The normalized spacial score (nSPS) is 14.7. The summed E-state index contributed by atoms with van der Waals surface area (Å²) in [6, 6.07) is 4.17. The van der Waals surface area contributed by atoms with Crippen LogP contribution in [0.4, 0.5) is 5.95 Å². The first-order chi connectivity index (χ1) is 12.4. The Morgan fingerprint density at radius 2 is 2.15 bits per heavy atom. The van der Waals surface area contributed by atoms with Gasteiger partial charge in [0, 0.05) is 36.4 Å². The monoisotopic (exact) mass is 348 g/mol. The maximum atomic E-state index is 9.83. The molecule has 0 aromatic carbocycles. The van der Waals surface area contributed by atoms with Gasteiger partial charge in [0.25, 0.3) is 0 Å². The third-order valence-corrected chi connectivity index (χ3v) is 4.32. The molecule has 0 radical (unpaired) electrons. The molecule has 1 saturated heterocycles. The number of anilines is 1. The first-order valence-corrected chi connectivity index (χ1v) is 8.46. The predicted molar refractivity (Wildman–Crippen MR) is 100 cm³/mol. The van der Waals surface area contributed by atoms with Gasteiger partial charge in [0.1, 0.15) is 11.3 Å². The molecule has 0 bridgehead atoms. The minimum Gasteiger partial charge on any atom is -0.378 e. The molecule has 3 aromatic heterocycles. The number of fused-ring (bicyclic) bond motifs is 1. The smallest absolute Gasteiger partial charge is 0.220 e. The van der Waals surface area contributed by atoms with Crippen molar-refractivity contribution in [3.05, 3.63) is 36.4 Å². The van der Waals surface area contributed by atoms with Crippen molar-refractivity contribution < 1.29 is 5.11 Å². The summed E-state index contributed by atoms with van der Waals surface area (Å²) < 4.78 is 2.22. The molecule has 0 amide bonds. The molecule has 4 heterocycles. The summed E-state index contributed by atoms with van der Waals surface area (Å²) in [5.74, 6) is 5.99. The molecular formula is C19H20N6O. The summed E-state index contributed by atoms with van der Waals surface area (Å²) in [5.41, 5.74) is 8.06. The SMILES string of the molecule is CC(C)(O)C#Cc1cc2c(-c3ccnc(N)n3)cn(C3CNC3)c2cn1. The highest BCUT2D eigenvalue weighted by molar-refractivity contribution is 5.95. The van der Waals surface area contributed by atoms with Crippen molar-refractivity contribution in [2.75, 3.05) is 18.8 Å². The topological polar surface area (TPSA) is 102 Å². The average molecular weight is 348 g/mol. The van der Waals surface area contributed by atoms with Gasteiger partial charge in [-0.1, -0.05) is 5.92 Å². The van der Waals surface area contributed by atoms with Crippen LogP contribution in [0.3, 0.4) is 0 Å². The maximum absolute atomic E-state index is 9.83. The van der Waals surface area contributed by atoms with Gasteiger partial charge in [-0.3, -0.25) is 0 Å². The molecule has 1 aliphatic rings. The maximum Gasteiger partial charge on any atom is 0.220 e. The first-order valence-electron chi connectivity index (χ1n) is 8.46. The van der Waals surface area contributed by atoms with E-state index in [1.54, 1.807) is 20.0 Å². The summed E-state index contributed by atoms with van der Waals surface area (Å²) in [5, 5.41) is 14.1. The lowest BCUT2D eigenvalue weighted by molar-refractivity contribution is 0.143. The van der Waals surface area contributed by atoms with Crippen LogP contribution in [0.5, 0.6) is 0 Å². The van der Waals surface area contributed by atoms with E-state index in [1.807, 2.05) is 18.3 Å². The van der Waals surface area contributed by atoms with E-state index in [1.165, 1.54) is 0 Å². The van der Waals surface area contributed by atoms with Gasteiger partial charge in [-0.25, -0.2) is 15.0 Å². The highest BCUT2D eigenvalue weighted by atomic mass is 16.3. The Morgan fingerprint density at radius 3 is 2.81 bits per heavy atom. The summed E-state index contributed by atoms with van der Waals surface area (Å²) in [6.45, 7) is 5.15. The number of hydrogen-bond acceptors (Lipinski definition) is 6. The Balaban J connectivity index is 1.89. The lowest BCUT2D eigenvalue weighted by atomic mass is 10.1. The van der Waals surface area contributed by atoms with Crippen LogP contribution in [0.2, 0.25) is 0 Å². The lowest BCUT2D eigenvalue weighted by Gasteiger charge is -2.29. The highest BCUT2D eigenvalue weighted by Gasteiger charge is 2.23. The van der Waals surface area contributed by atoms with Gasteiger partial charge < -0.3 is 20.7 Å². The third kappa shape index (κ3) is 3.12. The molecule has 3 aromatic rings. The molecule has 1 fully saturated rings. The second-order valence-electron chi connectivity index (χ2n) is 6.96. The molecule has 4 N–H and O–H groups in total. The molecule has 132 valence electrons. The average Bonchev–Trinajstić information content (AvgIpc) is 2.89. The minimum absolute atomic E-state index is 0.241. The molecule has 4 rings (SSSR count). The van der Waals surface area contributed by atoms with Crippen molar-refractivity contribution in [1.82, 2.24) is 24.8 Å². The van der Waals surface area contributed by atoms with Crippen LogP contribution in [-0.2, 0) is 0 Å². The van der Waals surface area contributed by atoms with Crippen molar-refractivity contribution in [1.29, 1.82) is 0 Å². The zero-order valence-corrected chi connectivity index (χ0v) is 14.7. The number of rotatable bonds is 2. The van der Waals surface area contributed by atoms with Crippen LogP contribution in [-0.4, -0.2) is 43.3 Å². The van der Waals surface area contributed by atoms with Gasteiger partial charge in [-0.05, 0) is 31.9 Å². The number of nitrogens with two attached hydrogens (primary N) is 1. The Labute approximate surface area is 151 Å². The van der Waals surface area contributed by atoms with Crippen molar-refractivity contribution in [2.24, 2.45) is 0 Å². The van der Waals surface area contributed by atoms with Crippen LogP contribution in [0.15, 0.2) is 30.7 Å². The van der Waals surface area contributed by atoms with Crippen LogP contribution in [0, 0.1) is 11.8 Å². The number of aliphatic hydroxyl groups is 1. The van der Waals surface area contributed by atoms with Crippen LogP contribution >= 0.6 is 0 Å². The molecule has 1 aliphatic heterocycles. The zero-order valence-electron chi connectivity index (χ0n) is 14.7. The van der Waals surface area contributed by atoms with Gasteiger partial charge >= 0.3 is 0 Å². The van der Waals surface area contributed by atoms with Gasteiger partial charge in [-0.15, -0.1) is 0 Å². The third-order valence-electron chi connectivity index (χ3n) is 4.32. The second kappa shape index (κ2) is 6.09. The number of pyridine rings is 1. The van der Waals surface area contributed by atoms with E-state index in [4.69, 9.17) is 5.73 Å².